The maximum Gasteiger partial charge on any atom is 0.143 e. The van der Waals surface area contributed by atoms with Crippen LogP contribution < -0.4 is 0 Å². The van der Waals surface area contributed by atoms with Gasteiger partial charge in [0, 0.05) is 6.07 Å². The van der Waals surface area contributed by atoms with Crippen LogP contribution in [0.5, 0.6) is 0 Å². The lowest BCUT2D eigenvalue weighted by molar-refractivity contribution is 0.624. The molecule has 2 heterocycles. The number of rotatable bonds is 0. The summed E-state index contributed by atoms with van der Waals surface area (Å²) >= 11 is 0. The average molecular weight is 137 g/mol. The molecule has 1 N–H and O–H groups in total. The van der Waals surface area contributed by atoms with Crippen molar-refractivity contribution >= 4 is 11.0 Å². The molecule has 2 rings (SSSR count). The number of fused-ring (bicyclic) bond motifs is 1. The van der Waals surface area contributed by atoms with Gasteiger partial charge in [-0.05, 0) is 0 Å². The van der Waals surface area contributed by atoms with E-state index in [0.717, 1.165) is 6.20 Å². The van der Waals surface area contributed by atoms with Gasteiger partial charge in [-0.1, -0.05) is 0 Å². The Balaban J connectivity index is 2.86. The lowest BCUT2D eigenvalue weighted by Gasteiger charge is -1.85. The zero-order valence-corrected chi connectivity index (χ0v) is 5.00. The number of aromatic amines is 1. The minimum absolute atomic E-state index is 0.350. The molecule has 3 nitrogen and oxygen atoms in total. The second-order valence-electron chi connectivity index (χ2n) is 1.96. The van der Waals surface area contributed by atoms with Crippen molar-refractivity contribution < 1.29 is 4.39 Å². The Labute approximate surface area is 55.9 Å². The van der Waals surface area contributed by atoms with E-state index in [1.54, 1.807) is 6.20 Å². The highest BCUT2D eigenvalue weighted by atomic mass is 19.1. The van der Waals surface area contributed by atoms with Crippen LogP contribution in [-0.4, -0.2) is 15.2 Å². The molecule has 0 aliphatic heterocycles. The number of halogens is 1. The minimum Gasteiger partial charge on any atom is -0.276 e. The van der Waals surface area contributed by atoms with Crippen LogP contribution in [0.4, 0.5) is 4.39 Å². The summed E-state index contributed by atoms with van der Waals surface area (Å²) in [6.45, 7) is 0. The van der Waals surface area contributed by atoms with Crippen molar-refractivity contribution in [2.75, 3.05) is 0 Å². The van der Waals surface area contributed by atoms with Crippen molar-refractivity contribution in [1.82, 2.24) is 15.2 Å². The van der Waals surface area contributed by atoms with Crippen molar-refractivity contribution in [3.63, 3.8) is 0 Å². The summed E-state index contributed by atoms with van der Waals surface area (Å²) in [5.41, 5.74) is 1.31. The van der Waals surface area contributed by atoms with Crippen molar-refractivity contribution in [1.29, 1.82) is 0 Å². The Kier molecular flexibility index (Phi) is 0.943. The number of aromatic nitrogens is 3. The van der Waals surface area contributed by atoms with E-state index in [1.165, 1.54) is 6.07 Å². The fourth-order valence-corrected chi connectivity index (χ4v) is 0.805. The van der Waals surface area contributed by atoms with Gasteiger partial charge in [-0.15, -0.1) is 0 Å². The van der Waals surface area contributed by atoms with Crippen LogP contribution in [0, 0.1) is 5.82 Å². The second kappa shape index (κ2) is 1.76. The van der Waals surface area contributed by atoms with Crippen molar-refractivity contribution in [2.45, 2.75) is 0 Å². The highest BCUT2D eigenvalue weighted by molar-refractivity contribution is 5.72. The Morgan fingerprint density at radius 3 is 3.20 bits per heavy atom. The number of nitrogens with zero attached hydrogens (tertiary/aromatic N) is 2. The number of hydrogen-bond donors (Lipinski definition) is 1. The lowest BCUT2D eigenvalue weighted by atomic mass is 10.4. The van der Waals surface area contributed by atoms with Crippen LogP contribution in [0.2, 0.25) is 0 Å². The van der Waals surface area contributed by atoms with E-state index in [9.17, 15) is 4.39 Å². The summed E-state index contributed by atoms with van der Waals surface area (Å²) in [5, 5.41) is 6.30. The highest BCUT2D eigenvalue weighted by Gasteiger charge is 1.96. The van der Waals surface area contributed by atoms with E-state index in [0.29, 0.717) is 11.0 Å². The van der Waals surface area contributed by atoms with Crippen molar-refractivity contribution in [2.24, 2.45) is 0 Å². The molecule has 10 heavy (non-hydrogen) atoms. The molecule has 50 valence electrons. The van der Waals surface area contributed by atoms with Gasteiger partial charge in [-0.2, -0.15) is 5.10 Å². The topological polar surface area (TPSA) is 41.6 Å². The van der Waals surface area contributed by atoms with Crippen LogP contribution in [0.1, 0.15) is 0 Å². The summed E-state index contributed by atoms with van der Waals surface area (Å²) in [6.07, 6.45) is 2.71. The van der Waals surface area contributed by atoms with E-state index in [4.69, 9.17) is 0 Å². The molecule has 0 unspecified atom stereocenters. The van der Waals surface area contributed by atoms with Crippen LogP contribution in [-0.2, 0) is 0 Å². The predicted octanol–water partition coefficient (Wildman–Crippen LogP) is 1.10. The molecule has 0 bridgehead atoms. The van der Waals surface area contributed by atoms with E-state index in [1.807, 2.05) is 0 Å². The first-order valence-electron chi connectivity index (χ1n) is 2.81. The molecular formula is C6H4FN3. The van der Waals surface area contributed by atoms with Crippen LogP contribution in [0.3, 0.4) is 0 Å². The molecule has 2 aromatic heterocycles. The second-order valence-corrected chi connectivity index (χ2v) is 1.96. The molecule has 0 aliphatic rings. The first kappa shape index (κ1) is 5.34. The summed E-state index contributed by atoms with van der Waals surface area (Å²) in [4.78, 5) is 3.77. The molecule has 0 aliphatic carbocycles. The molecule has 4 heteroatoms. The van der Waals surface area contributed by atoms with Gasteiger partial charge in [0.25, 0.3) is 0 Å². The average Bonchev–Trinajstić information content (AvgIpc) is 2.33. The molecule has 0 fully saturated rings. The van der Waals surface area contributed by atoms with Crippen molar-refractivity contribution in [3.8, 4) is 0 Å². The third kappa shape index (κ3) is 0.655. The van der Waals surface area contributed by atoms with E-state index in [2.05, 4.69) is 15.2 Å². The third-order valence-electron chi connectivity index (χ3n) is 1.26. The first-order chi connectivity index (χ1) is 4.86. The van der Waals surface area contributed by atoms with Gasteiger partial charge in [0.2, 0.25) is 0 Å². The summed E-state index contributed by atoms with van der Waals surface area (Å²) in [5.74, 6) is -0.350. The Morgan fingerprint density at radius 1 is 1.40 bits per heavy atom. The molecule has 0 amide bonds. The fourth-order valence-electron chi connectivity index (χ4n) is 0.805. The molecular weight excluding hydrogens is 133 g/mol. The van der Waals surface area contributed by atoms with E-state index >= 15 is 0 Å². The summed E-state index contributed by atoms with van der Waals surface area (Å²) < 4.78 is 12.4. The smallest absolute Gasteiger partial charge is 0.143 e. The maximum absolute atomic E-state index is 12.4. The van der Waals surface area contributed by atoms with Gasteiger partial charge in [-0.3, -0.25) is 5.10 Å². The summed E-state index contributed by atoms with van der Waals surface area (Å²) in [6, 6.07) is 1.36. The number of nitrogens with one attached hydrogen (secondary N) is 1. The predicted molar refractivity (Wildman–Crippen MR) is 33.8 cm³/mol. The largest absolute Gasteiger partial charge is 0.276 e. The van der Waals surface area contributed by atoms with Crippen molar-refractivity contribution in [3.05, 3.63) is 24.3 Å². The zero-order chi connectivity index (χ0) is 6.97. The van der Waals surface area contributed by atoms with Gasteiger partial charge in [0.1, 0.15) is 11.3 Å². The molecule has 0 aromatic carbocycles. The van der Waals surface area contributed by atoms with Gasteiger partial charge >= 0.3 is 0 Å². The van der Waals surface area contributed by atoms with Gasteiger partial charge in [-0.25, -0.2) is 9.37 Å². The molecule has 0 radical (unpaired) electrons. The Hall–Kier alpha value is -1.45. The highest BCUT2D eigenvalue weighted by Crippen LogP contribution is 2.06. The lowest BCUT2D eigenvalue weighted by Crippen LogP contribution is -1.77. The van der Waals surface area contributed by atoms with E-state index < -0.39 is 0 Å². The Morgan fingerprint density at radius 2 is 2.30 bits per heavy atom. The number of pyridine rings is 1. The van der Waals surface area contributed by atoms with Crippen LogP contribution >= 0.6 is 0 Å². The van der Waals surface area contributed by atoms with Gasteiger partial charge in [0.15, 0.2) is 0 Å². The molecule has 0 saturated heterocycles. The molecule has 0 saturated carbocycles. The zero-order valence-electron chi connectivity index (χ0n) is 5.00. The Bertz CT molecular complexity index is 355. The summed E-state index contributed by atoms with van der Waals surface area (Å²) in [7, 11) is 0. The normalized spacial score (nSPS) is 10.5. The monoisotopic (exact) mass is 137 g/mol. The quantitative estimate of drug-likeness (QED) is 0.590. The molecule has 0 atom stereocenters. The van der Waals surface area contributed by atoms with Crippen LogP contribution in [0.15, 0.2) is 18.5 Å². The third-order valence-corrected chi connectivity index (χ3v) is 1.26. The molecule has 0 spiro atoms. The van der Waals surface area contributed by atoms with Gasteiger partial charge in [0.05, 0.1) is 17.9 Å². The van der Waals surface area contributed by atoms with Gasteiger partial charge < -0.3 is 0 Å². The minimum atomic E-state index is -0.350. The number of H-pyrrole nitrogens is 1. The maximum atomic E-state index is 12.4. The SMILES string of the molecule is Fc1cnc2cn[nH]c2c1. The standard InChI is InChI=1S/C6H4FN3/c7-4-1-5-6(8-2-4)3-9-10-5/h1-3H,(H,9,10). The number of hydrogen-bond acceptors (Lipinski definition) is 2. The fraction of sp³-hybridized carbons (Fsp3) is 0. The van der Waals surface area contributed by atoms with Crippen LogP contribution in [0.25, 0.3) is 11.0 Å². The first-order valence-corrected chi connectivity index (χ1v) is 2.81. The van der Waals surface area contributed by atoms with E-state index in [-0.39, 0.29) is 5.82 Å². The molecule has 2 aromatic rings.